The van der Waals surface area contributed by atoms with Gasteiger partial charge in [0.15, 0.2) is 5.75 Å². The minimum atomic E-state index is -0.479. The molecule has 0 spiro atoms. The fraction of sp³-hybridized carbons (Fsp3) is 0.133. The summed E-state index contributed by atoms with van der Waals surface area (Å²) in [6, 6.07) is 14.0. The molecule has 0 aromatic heterocycles. The van der Waals surface area contributed by atoms with Gasteiger partial charge in [0, 0.05) is 6.54 Å². The van der Waals surface area contributed by atoms with Crippen molar-refractivity contribution in [3.05, 3.63) is 63.7 Å². The zero-order valence-corrected chi connectivity index (χ0v) is 11.4. The number of benzene rings is 2. The van der Waals surface area contributed by atoms with Gasteiger partial charge in [0.05, 0.1) is 23.7 Å². The van der Waals surface area contributed by atoms with E-state index in [0.717, 1.165) is 5.56 Å². The second-order valence-corrected chi connectivity index (χ2v) is 4.28. The molecule has 6 heteroatoms. The normalized spacial score (nSPS) is 9.71. The lowest BCUT2D eigenvalue weighted by atomic mass is 10.1. The summed E-state index contributed by atoms with van der Waals surface area (Å²) in [7, 11) is 1.39. The fourth-order valence-electron chi connectivity index (χ4n) is 1.97. The van der Waals surface area contributed by atoms with E-state index in [1.807, 2.05) is 6.07 Å². The fourth-order valence-corrected chi connectivity index (χ4v) is 1.97. The average molecular weight is 283 g/mol. The molecule has 106 valence electrons. The predicted molar refractivity (Wildman–Crippen MR) is 78.1 cm³/mol. The van der Waals surface area contributed by atoms with Gasteiger partial charge in [-0.25, -0.2) is 0 Å². The maximum Gasteiger partial charge on any atom is 0.333 e. The lowest BCUT2D eigenvalue weighted by Gasteiger charge is -2.09. The van der Waals surface area contributed by atoms with Crippen LogP contribution in [0.15, 0.2) is 42.5 Å². The second-order valence-electron chi connectivity index (χ2n) is 4.28. The average Bonchev–Trinajstić information content (AvgIpc) is 2.52. The maximum atomic E-state index is 11.2. The summed E-state index contributed by atoms with van der Waals surface area (Å²) in [6.07, 6.45) is 0. The molecule has 0 unspecified atom stereocenters. The first-order valence-electron chi connectivity index (χ1n) is 6.20. The van der Waals surface area contributed by atoms with Crippen molar-refractivity contribution in [2.45, 2.75) is 6.54 Å². The highest BCUT2D eigenvalue weighted by atomic mass is 16.6. The Bertz CT molecular complexity index is 708. The standard InChI is InChI=1S/C15H13N3O3/c1-21-14-7-3-6-13(15(14)18(19)20)17-10-12-5-2-4-11(8-12)9-16/h2-8,17H,10H2,1H3. The van der Waals surface area contributed by atoms with Crippen molar-refractivity contribution in [3.8, 4) is 11.8 Å². The van der Waals surface area contributed by atoms with Gasteiger partial charge < -0.3 is 10.1 Å². The van der Waals surface area contributed by atoms with E-state index in [2.05, 4.69) is 11.4 Å². The van der Waals surface area contributed by atoms with Crippen molar-refractivity contribution in [1.82, 2.24) is 0 Å². The second kappa shape index (κ2) is 6.39. The number of hydrogen-bond donors (Lipinski definition) is 1. The molecule has 0 aliphatic heterocycles. The van der Waals surface area contributed by atoms with Crippen LogP contribution in [0.4, 0.5) is 11.4 Å². The molecule has 0 bridgehead atoms. The molecule has 2 aromatic carbocycles. The molecule has 0 amide bonds. The summed E-state index contributed by atoms with van der Waals surface area (Å²) in [5, 5.41) is 23.0. The molecule has 0 saturated carbocycles. The van der Waals surface area contributed by atoms with Gasteiger partial charge in [-0.1, -0.05) is 18.2 Å². The number of methoxy groups -OCH3 is 1. The molecule has 2 rings (SSSR count). The first-order chi connectivity index (χ1) is 10.2. The molecule has 21 heavy (non-hydrogen) atoms. The minimum absolute atomic E-state index is 0.101. The number of nitriles is 1. The van der Waals surface area contributed by atoms with E-state index < -0.39 is 4.92 Å². The van der Waals surface area contributed by atoms with E-state index in [4.69, 9.17) is 10.00 Å². The van der Waals surface area contributed by atoms with Gasteiger partial charge in [0.1, 0.15) is 5.69 Å². The highest BCUT2D eigenvalue weighted by molar-refractivity contribution is 5.68. The summed E-state index contributed by atoms with van der Waals surface area (Å²) < 4.78 is 5.01. The van der Waals surface area contributed by atoms with E-state index >= 15 is 0 Å². The van der Waals surface area contributed by atoms with Gasteiger partial charge >= 0.3 is 5.69 Å². The van der Waals surface area contributed by atoms with Crippen molar-refractivity contribution in [1.29, 1.82) is 5.26 Å². The van der Waals surface area contributed by atoms with Gasteiger partial charge in [-0.05, 0) is 29.8 Å². The molecular formula is C15H13N3O3. The monoisotopic (exact) mass is 283 g/mol. The quantitative estimate of drug-likeness (QED) is 0.673. The van der Waals surface area contributed by atoms with E-state index in [9.17, 15) is 10.1 Å². The van der Waals surface area contributed by atoms with Gasteiger partial charge in [-0.15, -0.1) is 0 Å². The van der Waals surface area contributed by atoms with Crippen LogP contribution in [0.25, 0.3) is 0 Å². The Labute approximate surface area is 121 Å². The van der Waals surface area contributed by atoms with Gasteiger partial charge in [0.2, 0.25) is 0 Å². The molecule has 0 atom stereocenters. The minimum Gasteiger partial charge on any atom is -0.490 e. The molecule has 0 fully saturated rings. The Hall–Kier alpha value is -3.07. The van der Waals surface area contributed by atoms with E-state index in [1.54, 1.807) is 36.4 Å². The van der Waals surface area contributed by atoms with Crippen LogP contribution in [0.5, 0.6) is 5.75 Å². The van der Waals surface area contributed by atoms with Crippen LogP contribution in [0.2, 0.25) is 0 Å². The zero-order valence-electron chi connectivity index (χ0n) is 11.4. The number of nitro groups is 1. The van der Waals surface area contributed by atoms with Crippen LogP contribution < -0.4 is 10.1 Å². The molecule has 6 nitrogen and oxygen atoms in total. The summed E-state index contributed by atoms with van der Waals surface area (Å²) in [5.74, 6) is 0.204. The highest BCUT2D eigenvalue weighted by Crippen LogP contribution is 2.34. The van der Waals surface area contributed by atoms with Gasteiger partial charge in [-0.2, -0.15) is 5.26 Å². The number of ether oxygens (including phenoxy) is 1. The number of rotatable bonds is 5. The topological polar surface area (TPSA) is 88.2 Å². The molecule has 0 aliphatic rings. The van der Waals surface area contributed by atoms with Gasteiger partial charge in [-0.3, -0.25) is 10.1 Å². The van der Waals surface area contributed by atoms with Crippen LogP contribution in [0, 0.1) is 21.4 Å². The SMILES string of the molecule is COc1cccc(NCc2cccc(C#N)c2)c1[N+](=O)[O-]. The lowest BCUT2D eigenvalue weighted by Crippen LogP contribution is -2.04. The Morgan fingerprint density at radius 3 is 2.76 bits per heavy atom. The molecule has 0 saturated heterocycles. The number of anilines is 1. The van der Waals surface area contributed by atoms with E-state index in [0.29, 0.717) is 17.8 Å². The van der Waals surface area contributed by atoms with Crippen molar-refractivity contribution in [2.24, 2.45) is 0 Å². The third kappa shape index (κ3) is 3.28. The maximum absolute atomic E-state index is 11.2. The van der Waals surface area contributed by atoms with Crippen molar-refractivity contribution in [2.75, 3.05) is 12.4 Å². The van der Waals surface area contributed by atoms with Crippen LogP contribution in [0.3, 0.4) is 0 Å². The Balaban J connectivity index is 2.24. The number of nitro benzene ring substituents is 1. The van der Waals surface area contributed by atoms with Crippen molar-refractivity contribution < 1.29 is 9.66 Å². The summed E-state index contributed by atoms with van der Waals surface area (Å²) >= 11 is 0. The van der Waals surface area contributed by atoms with Gasteiger partial charge in [0.25, 0.3) is 0 Å². The predicted octanol–water partition coefficient (Wildman–Crippen LogP) is 3.09. The molecular weight excluding hydrogens is 270 g/mol. The highest BCUT2D eigenvalue weighted by Gasteiger charge is 2.20. The van der Waals surface area contributed by atoms with E-state index in [-0.39, 0.29) is 11.4 Å². The van der Waals surface area contributed by atoms with Crippen molar-refractivity contribution in [3.63, 3.8) is 0 Å². The molecule has 2 aromatic rings. The molecule has 0 radical (unpaired) electrons. The smallest absolute Gasteiger partial charge is 0.333 e. The largest absolute Gasteiger partial charge is 0.490 e. The lowest BCUT2D eigenvalue weighted by molar-refractivity contribution is -0.384. The number of para-hydroxylation sites is 1. The Morgan fingerprint density at radius 1 is 1.33 bits per heavy atom. The first kappa shape index (κ1) is 14.3. The van der Waals surface area contributed by atoms with Crippen LogP contribution >= 0.6 is 0 Å². The van der Waals surface area contributed by atoms with Crippen LogP contribution in [-0.2, 0) is 6.54 Å². The number of nitrogens with zero attached hydrogens (tertiary/aromatic N) is 2. The summed E-state index contributed by atoms with van der Waals surface area (Å²) in [6.45, 7) is 0.378. The molecule has 1 N–H and O–H groups in total. The third-order valence-corrected chi connectivity index (χ3v) is 2.94. The van der Waals surface area contributed by atoms with E-state index in [1.165, 1.54) is 7.11 Å². The number of nitrogens with one attached hydrogen (secondary N) is 1. The van der Waals surface area contributed by atoms with Crippen molar-refractivity contribution >= 4 is 11.4 Å². The summed E-state index contributed by atoms with van der Waals surface area (Å²) in [4.78, 5) is 10.7. The Kier molecular flexibility index (Phi) is 4.36. The first-order valence-corrected chi connectivity index (χ1v) is 6.20. The zero-order chi connectivity index (χ0) is 15.2. The molecule has 0 aliphatic carbocycles. The molecule has 0 heterocycles. The third-order valence-electron chi connectivity index (χ3n) is 2.94. The number of hydrogen-bond acceptors (Lipinski definition) is 5. The van der Waals surface area contributed by atoms with Crippen LogP contribution in [-0.4, -0.2) is 12.0 Å². The summed E-state index contributed by atoms with van der Waals surface area (Å²) in [5.41, 5.74) is 1.69. The Morgan fingerprint density at radius 2 is 2.10 bits per heavy atom. The van der Waals surface area contributed by atoms with Crippen LogP contribution in [0.1, 0.15) is 11.1 Å².